The van der Waals surface area contributed by atoms with Crippen LogP contribution in [0.2, 0.25) is 0 Å². The molecule has 7 aromatic carbocycles. The van der Waals surface area contributed by atoms with Crippen molar-refractivity contribution in [2.45, 2.75) is 105 Å². The van der Waals surface area contributed by atoms with E-state index in [-0.39, 0.29) is 70.3 Å². The Kier molecular flexibility index (Phi) is 9.52. The van der Waals surface area contributed by atoms with Gasteiger partial charge < -0.3 is 23.7 Å². The van der Waals surface area contributed by atoms with Crippen LogP contribution >= 0.6 is 0 Å². The summed E-state index contributed by atoms with van der Waals surface area (Å²) in [7, 11) is 0. The van der Waals surface area contributed by atoms with Crippen LogP contribution in [0.1, 0.15) is 116 Å². The molecule has 0 unspecified atom stereocenters. The molecule has 0 N–H and O–H groups in total. The molecular weight excluding hydrogens is 1050 g/mol. The van der Waals surface area contributed by atoms with Crippen LogP contribution in [0.25, 0.3) is 55.1 Å². The number of hydrogen-bond donors (Lipinski definition) is 0. The zero-order chi connectivity index (χ0) is 56.0. The first-order valence-electron chi connectivity index (χ1n) is 28.0. The van der Waals surface area contributed by atoms with Crippen molar-refractivity contribution in [3.8, 4) is 23.0 Å². The zero-order valence-corrected chi connectivity index (χ0v) is 44.6. The molecule has 0 atom stereocenters. The number of aromatic nitrogens is 3. The quantitative estimate of drug-likeness (QED) is 0.156. The van der Waals surface area contributed by atoms with Crippen molar-refractivity contribution < 1.29 is 36.8 Å². The van der Waals surface area contributed by atoms with E-state index >= 15 is 0 Å². The van der Waals surface area contributed by atoms with Gasteiger partial charge in [0, 0.05) is 72.1 Å². The first kappa shape index (κ1) is 39.0. The second-order valence-electron chi connectivity index (χ2n) is 22.6. The van der Waals surface area contributed by atoms with Gasteiger partial charge >= 0.3 is 0 Å². The van der Waals surface area contributed by atoms with Crippen molar-refractivity contribution in [3.63, 3.8) is 0 Å². The van der Waals surface area contributed by atoms with Crippen LogP contribution in [0.4, 0.5) is 22.7 Å². The molecule has 7 heteroatoms. The van der Waals surface area contributed by atoms with E-state index in [4.69, 9.17) is 15.2 Å². The molecule has 1 aliphatic rings. The molecule has 4 heterocycles. The minimum absolute atomic E-state index is 0. The fourth-order valence-electron chi connectivity index (χ4n) is 9.50. The summed E-state index contributed by atoms with van der Waals surface area (Å²) in [6, 6.07) is 36.5. The number of pyridine rings is 1. The van der Waals surface area contributed by atoms with E-state index in [0.29, 0.717) is 28.2 Å². The molecule has 0 bridgehead atoms. The van der Waals surface area contributed by atoms with Crippen LogP contribution in [0.15, 0.2) is 152 Å². The summed E-state index contributed by atoms with van der Waals surface area (Å²) in [5.74, 6) is 1.17. The van der Waals surface area contributed by atoms with Gasteiger partial charge in [0.1, 0.15) is 5.82 Å². The number of rotatable bonds is 6. The van der Waals surface area contributed by atoms with Gasteiger partial charge in [0.25, 0.3) is 0 Å². The second-order valence-corrected chi connectivity index (χ2v) is 22.6. The third kappa shape index (κ3) is 8.52. The Balaban J connectivity index is 0.00000704. The summed E-state index contributed by atoms with van der Waals surface area (Å²) < 4.78 is 83.8. The van der Waals surface area contributed by atoms with Gasteiger partial charge in [-0.25, -0.2) is 4.98 Å². The average molecular weight is 1120 g/mol. The molecule has 3 aromatic heterocycles. The van der Waals surface area contributed by atoms with E-state index in [2.05, 4.69) is 154 Å². The van der Waals surface area contributed by atoms with Gasteiger partial charge in [0.05, 0.1) is 22.0 Å². The maximum absolute atomic E-state index is 9.51. The maximum Gasteiger partial charge on any atom is 0.135 e. The predicted molar refractivity (Wildman–Crippen MR) is 293 cm³/mol. The topological polar surface area (TPSA) is 38.5 Å². The molecule has 11 rings (SSSR count). The first-order chi connectivity index (χ1) is 36.5. The number of anilines is 4. The average Bonchev–Trinajstić information content (AvgIpc) is 3.14. The molecule has 0 spiro atoms. The molecule has 71 heavy (non-hydrogen) atoms. The first-order valence-corrected chi connectivity index (χ1v) is 24.0. The molecule has 0 fully saturated rings. The van der Waals surface area contributed by atoms with Crippen molar-refractivity contribution >= 4 is 66.4 Å². The van der Waals surface area contributed by atoms with Gasteiger partial charge in [-0.05, 0) is 104 Å². The third-order valence-electron chi connectivity index (χ3n) is 13.5. The van der Waals surface area contributed by atoms with Crippen LogP contribution in [0, 0.1) is 18.8 Å². The van der Waals surface area contributed by atoms with Crippen molar-refractivity contribution in [2.75, 3.05) is 9.80 Å². The van der Waals surface area contributed by atoms with Crippen molar-refractivity contribution in [2.24, 2.45) is 0 Å². The van der Waals surface area contributed by atoms with Gasteiger partial charge in [-0.1, -0.05) is 167 Å². The molecular formula is C64H62N5OPt-3. The van der Waals surface area contributed by atoms with Gasteiger partial charge in [0.2, 0.25) is 0 Å². The predicted octanol–water partition coefficient (Wildman–Crippen LogP) is 17.3. The Labute approximate surface area is 445 Å². The largest absolute Gasteiger partial charge is 0.509 e. The third-order valence-corrected chi connectivity index (χ3v) is 13.5. The number of benzene rings is 7. The summed E-state index contributed by atoms with van der Waals surface area (Å²) in [5, 5.41) is 1.27. The molecule has 1 aliphatic heterocycles. The Morgan fingerprint density at radius 1 is 0.507 bits per heavy atom. The zero-order valence-electron chi connectivity index (χ0n) is 50.4. The van der Waals surface area contributed by atoms with Crippen LogP contribution in [0.3, 0.4) is 0 Å². The summed E-state index contributed by atoms with van der Waals surface area (Å²) in [6.07, 6.45) is 1.78. The minimum atomic E-state index is -0.518. The van der Waals surface area contributed by atoms with E-state index in [1.165, 1.54) is 11.1 Å². The SMILES string of the molecule is [2H]c1c([2H])c([2H])c2c(c1[2H])c1c([2H])c([2H])c([2H])c([2H])c1n2-c1cc(Oc2[c-]c(N3[CH-]N(c4cc(C(C)(C)C)cc(C(C)(C)C)c4)c4ccccc43)cc(C(C)(C)C)c2)[c-]c2c1c1ccccc1n2-c1cc(C(C)(C)C)ccn1.[Pt]. The Morgan fingerprint density at radius 3 is 1.68 bits per heavy atom. The van der Waals surface area contributed by atoms with E-state index in [0.717, 1.165) is 44.8 Å². The smallest absolute Gasteiger partial charge is 0.135 e. The minimum Gasteiger partial charge on any atom is -0.509 e. The molecule has 362 valence electrons. The number of nitrogens with zero attached hydrogens (tertiary/aromatic N) is 5. The fourth-order valence-corrected chi connectivity index (χ4v) is 9.50. The maximum atomic E-state index is 9.51. The van der Waals surface area contributed by atoms with Crippen molar-refractivity contribution in [1.29, 1.82) is 0 Å². The molecule has 0 radical (unpaired) electrons. The summed E-state index contributed by atoms with van der Waals surface area (Å²) >= 11 is 0. The van der Waals surface area contributed by atoms with Gasteiger partial charge in [-0.3, -0.25) is 0 Å². The summed E-state index contributed by atoms with van der Waals surface area (Å²) in [5.41, 5.74) is 8.96. The standard InChI is InChI=1S/C64H62N5O.Pt/c1-61(2,3)41-29-30-65-59(36-41)69-54-26-18-15-23-51(54)60-57(68-52-24-16-13-21-49(52)50-22-14-17-25-53(50)68)38-48(39-58(60)69)70-47-35-44(64(10,11)12)34-46(37-47)67-40-66(55-27-19-20-28-56(55)67)45-32-42(62(4,5)6)31-43(33-45)63(7,8)9;/h13-36,38,40H,1-12H3;/q-3;/i13D,14D,16D,17D,21D,22D,24D,25D;. The molecule has 6 nitrogen and oxygen atoms in total. The van der Waals surface area contributed by atoms with E-state index in [1.54, 1.807) is 16.8 Å². The van der Waals surface area contributed by atoms with Gasteiger partial charge in [-0.2, -0.15) is 0 Å². The van der Waals surface area contributed by atoms with Crippen LogP contribution < -0.4 is 14.5 Å². The van der Waals surface area contributed by atoms with Crippen LogP contribution in [-0.2, 0) is 42.7 Å². The molecule has 0 saturated carbocycles. The van der Waals surface area contributed by atoms with E-state index in [9.17, 15) is 5.48 Å². The number of ether oxygens (including phenoxy) is 1. The second kappa shape index (κ2) is 17.3. The van der Waals surface area contributed by atoms with Gasteiger partial charge in [-0.15, -0.1) is 48.3 Å². The Hall–Kier alpha value is -6.62. The Morgan fingerprint density at radius 2 is 1.06 bits per heavy atom. The summed E-state index contributed by atoms with van der Waals surface area (Å²) in [4.78, 5) is 9.32. The van der Waals surface area contributed by atoms with Crippen LogP contribution in [-0.4, -0.2) is 14.1 Å². The molecule has 0 aliphatic carbocycles. The number of para-hydroxylation sites is 5. The normalized spacial score (nSPS) is 15.0. The summed E-state index contributed by atoms with van der Waals surface area (Å²) in [6.45, 7) is 28.4. The number of fused-ring (bicyclic) bond motifs is 7. The molecule has 0 amide bonds. The molecule has 10 aromatic rings. The van der Waals surface area contributed by atoms with Crippen LogP contribution in [0.5, 0.6) is 11.5 Å². The van der Waals surface area contributed by atoms with Crippen molar-refractivity contribution in [1.82, 2.24) is 14.1 Å². The Bertz CT molecular complexity index is 4050. The monoisotopic (exact) mass is 1120 g/mol. The van der Waals surface area contributed by atoms with Gasteiger partial charge in [0.15, 0.2) is 0 Å². The number of hydrogen-bond acceptors (Lipinski definition) is 4. The molecule has 0 saturated heterocycles. The fraction of sp³-hybridized carbons (Fsp3) is 0.250. The van der Waals surface area contributed by atoms with E-state index < -0.39 is 48.3 Å². The van der Waals surface area contributed by atoms with Crippen molar-refractivity contribution in [3.05, 3.63) is 193 Å². The van der Waals surface area contributed by atoms with E-state index in [1.807, 2.05) is 53.1 Å².